The summed E-state index contributed by atoms with van der Waals surface area (Å²) in [6, 6.07) is 18.6. The number of β-lactam (4-membered cyclic amide) rings is 1. The van der Waals surface area contributed by atoms with Crippen LogP contribution in [0.4, 0.5) is 18.0 Å². The summed E-state index contributed by atoms with van der Waals surface area (Å²) in [5.41, 5.74) is 0.842. The summed E-state index contributed by atoms with van der Waals surface area (Å²) in [4.78, 5) is 55.3. The van der Waals surface area contributed by atoms with Gasteiger partial charge in [-0.1, -0.05) is 84.9 Å². The van der Waals surface area contributed by atoms with Crippen molar-refractivity contribution in [2.45, 2.75) is 43.8 Å². The van der Waals surface area contributed by atoms with Gasteiger partial charge in [-0.3, -0.25) is 19.3 Å². The zero-order chi connectivity index (χ0) is 30.7. The summed E-state index contributed by atoms with van der Waals surface area (Å²) < 4.78 is 44.8. The van der Waals surface area contributed by atoms with Crippen molar-refractivity contribution in [3.63, 3.8) is 0 Å². The Morgan fingerprint density at radius 2 is 1.67 bits per heavy atom. The van der Waals surface area contributed by atoms with Crippen LogP contribution in [0.25, 0.3) is 6.08 Å². The zero-order valence-corrected chi connectivity index (χ0v) is 23.0. The molecular formula is C32H28F3N3O5. The molecule has 0 aliphatic carbocycles. The molecule has 1 N–H and O–H groups in total. The number of hydrogen-bond acceptors (Lipinski definition) is 5. The Hall–Kier alpha value is -4.93. The van der Waals surface area contributed by atoms with E-state index in [9.17, 15) is 32.3 Å². The second-order valence-corrected chi connectivity index (χ2v) is 10.3. The first-order valence-electron chi connectivity index (χ1n) is 13.6. The molecule has 43 heavy (non-hydrogen) atoms. The smallest absolute Gasteiger partial charge is 0.416 e. The molecule has 2 aliphatic heterocycles. The highest BCUT2D eigenvalue weighted by atomic mass is 19.4. The van der Waals surface area contributed by atoms with Gasteiger partial charge in [0.05, 0.1) is 17.6 Å². The van der Waals surface area contributed by atoms with Crippen molar-refractivity contribution < 1.29 is 37.1 Å². The highest BCUT2D eigenvalue weighted by Crippen LogP contribution is 2.38. The van der Waals surface area contributed by atoms with Gasteiger partial charge in [-0.15, -0.1) is 0 Å². The fourth-order valence-corrected chi connectivity index (χ4v) is 5.39. The van der Waals surface area contributed by atoms with Crippen molar-refractivity contribution in [3.8, 4) is 0 Å². The van der Waals surface area contributed by atoms with Crippen LogP contribution in [0.3, 0.4) is 0 Å². The SMILES string of the molecule is CC(=O)C(C(=O)NCc1cccc(C(F)(F)F)c1)N1C(=O)C(N2C(=O)OCC2c2ccccc2)C1/C=C/c1ccccc1. The van der Waals surface area contributed by atoms with E-state index < -0.39 is 59.6 Å². The van der Waals surface area contributed by atoms with Gasteiger partial charge >= 0.3 is 12.3 Å². The average Bonchev–Trinajstić information content (AvgIpc) is 3.37. The minimum Gasteiger partial charge on any atom is -0.447 e. The van der Waals surface area contributed by atoms with Crippen molar-refractivity contribution in [2.75, 3.05) is 6.61 Å². The molecule has 8 nitrogen and oxygen atoms in total. The first-order chi connectivity index (χ1) is 20.6. The van der Waals surface area contributed by atoms with Gasteiger partial charge in [-0.2, -0.15) is 13.2 Å². The second-order valence-electron chi connectivity index (χ2n) is 10.3. The maximum Gasteiger partial charge on any atom is 0.416 e. The molecule has 2 saturated heterocycles. The quantitative estimate of drug-likeness (QED) is 0.286. The number of amides is 3. The largest absolute Gasteiger partial charge is 0.447 e. The molecular weight excluding hydrogens is 563 g/mol. The van der Waals surface area contributed by atoms with E-state index in [1.165, 1.54) is 17.0 Å². The summed E-state index contributed by atoms with van der Waals surface area (Å²) in [6.45, 7) is 0.885. The Morgan fingerprint density at radius 3 is 2.33 bits per heavy atom. The van der Waals surface area contributed by atoms with Gasteiger partial charge in [0.2, 0.25) is 5.91 Å². The summed E-state index contributed by atoms with van der Waals surface area (Å²) in [5.74, 6) is -2.12. The molecule has 0 aromatic heterocycles. The molecule has 2 aliphatic rings. The lowest BCUT2D eigenvalue weighted by Gasteiger charge is -2.51. The number of alkyl halides is 3. The Labute approximate surface area is 245 Å². The molecule has 0 spiro atoms. The minimum atomic E-state index is -4.56. The molecule has 0 radical (unpaired) electrons. The number of benzene rings is 3. The third-order valence-corrected chi connectivity index (χ3v) is 7.47. The van der Waals surface area contributed by atoms with Crippen LogP contribution in [0.1, 0.15) is 35.2 Å². The van der Waals surface area contributed by atoms with Crippen LogP contribution in [0.15, 0.2) is 91.0 Å². The molecule has 2 fully saturated rings. The third kappa shape index (κ3) is 6.15. The van der Waals surface area contributed by atoms with Gasteiger partial charge < -0.3 is 15.0 Å². The number of cyclic esters (lactones) is 1. The molecule has 222 valence electrons. The van der Waals surface area contributed by atoms with Crippen molar-refractivity contribution >= 4 is 29.8 Å². The molecule has 3 amide bonds. The van der Waals surface area contributed by atoms with Gasteiger partial charge in [0.25, 0.3) is 5.91 Å². The summed E-state index contributed by atoms with van der Waals surface area (Å²) in [6.07, 6.45) is -1.87. The van der Waals surface area contributed by atoms with Crippen molar-refractivity contribution in [3.05, 3.63) is 113 Å². The van der Waals surface area contributed by atoms with Crippen molar-refractivity contribution in [1.29, 1.82) is 0 Å². The summed E-state index contributed by atoms with van der Waals surface area (Å²) in [5, 5.41) is 2.50. The highest BCUT2D eigenvalue weighted by molar-refractivity contribution is 6.09. The number of hydrogen-bond donors (Lipinski definition) is 1. The number of likely N-dealkylation sites (tertiary alicyclic amines) is 1. The van der Waals surface area contributed by atoms with Crippen LogP contribution >= 0.6 is 0 Å². The van der Waals surface area contributed by atoms with Crippen LogP contribution in [-0.2, 0) is 31.8 Å². The normalized spacial score (nSPS) is 21.0. The molecule has 4 atom stereocenters. The Morgan fingerprint density at radius 1 is 1.00 bits per heavy atom. The first kappa shape index (κ1) is 29.6. The fraction of sp³-hybridized carbons (Fsp3) is 0.250. The average molecular weight is 592 g/mol. The Kier molecular flexibility index (Phi) is 8.33. The van der Waals surface area contributed by atoms with Crippen LogP contribution in [0, 0.1) is 0 Å². The number of rotatable bonds is 9. The van der Waals surface area contributed by atoms with Crippen LogP contribution in [-0.4, -0.2) is 58.2 Å². The number of halogens is 3. The lowest BCUT2D eigenvalue weighted by Crippen LogP contribution is -2.75. The number of Topliss-reactive ketones (excluding diaryl/α,β-unsaturated/α-hetero) is 1. The molecule has 0 saturated carbocycles. The zero-order valence-electron chi connectivity index (χ0n) is 23.0. The van der Waals surface area contributed by atoms with Gasteiger partial charge in [-0.25, -0.2) is 4.79 Å². The summed E-state index contributed by atoms with van der Waals surface area (Å²) >= 11 is 0. The molecule has 0 bridgehead atoms. The first-order valence-corrected chi connectivity index (χ1v) is 13.6. The Balaban J connectivity index is 1.43. The molecule has 11 heteroatoms. The Bertz CT molecular complexity index is 1540. The monoisotopic (exact) mass is 591 g/mol. The minimum absolute atomic E-state index is 0.0232. The van der Waals surface area contributed by atoms with Crippen LogP contribution in [0.2, 0.25) is 0 Å². The second kappa shape index (κ2) is 12.1. The standard InChI is InChI=1S/C32H28F3N3O5/c1-20(39)27(29(40)36-18-22-11-8-14-24(17-22)32(33,34)35)37-25(16-15-21-9-4-2-5-10-21)28(30(37)41)38-26(19-43-31(38)42)23-12-6-3-7-13-23/h2-17,25-28H,18-19H2,1H3,(H,36,40)/b16-15+. The maximum absolute atomic E-state index is 13.8. The molecule has 3 aromatic rings. The van der Waals surface area contributed by atoms with E-state index in [-0.39, 0.29) is 18.7 Å². The van der Waals surface area contributed by atoms with Gasteiger partial charge in [-0.05, 0) is 35.7 Å². The number of nitrogens with zero attached hydrogens (tertiary/aromatic N) is 2. The third-order valence-electron chi connectivity index (χ3n) is 7.47. The number of nitrogens with one attached hydrogen (secondary N) is 1. The van der Waals surface area contributed by atoms with Crippen LogP contribution in [0.5, 0.6) is 0 Å². The molecule has 2 heterocycles. The number of carbonyl (C=O) groups is 4. The molecule has 5 rings (SSSR count). The van der Waals surface area contributed by atoms with Crippen molar-refractivity contribution in [1.82, 2.24) is 15.1 Å². The fourth-order valence-electron chi connectivity index (χ4n) is 5.39. The predicted octanol–water partition coefficient (Wildman–Crippen LogP) is 4.77. The number of ether oxygens (including phenoxy) is 1. The van der Waals surface area contributed by atoms with E-state index >= 15 is 0 Å². The van der Waals surface area contributed by atoms with E-state index in [1.54, 1.807) is 24.3 Å². The number of ketones is 1. The van der Waals surface area contributed by atoms with E-state index in [0.717, 1.165) is 35.1 Å². The highest BCUT2D eigenvalue weighted by Gasteiger charge is 2.58. The van der Waals surface area contributed by atoms with E-state index in [1.807, 2.05) is 48.5 Å². The molecule has 3 aromatic carbocycles. The lowest BCUT2D eigenvalue weighted by atomic mass is 9.87. The topological polar surface area (TPSA) is 96.0 Å². The van der Waals surface area contributed by atoms with E-state index in [4.69, 9.17) is 4.74 Å². The van der Waals surface area contributed by atoms with Crippen LogP contribution < -0.4 is 5.32 Å². The maximum atomic E-state index is 13.8. The lowest BCUT2D eigenvalue weighted by molar-refractivity contribution is -0.165. The van der Waals surface area contributed by atoms with E-state index in [0.29, 0.717) is 0 Å². The van der Waals surface area contributed by atoms with Gasteiger partial charge in [0, 0.05) is 6.54 Å². The van der Waals surface area contributed by atoms with Gasteiger partial charge in [0.1, 0.15) is 12.6 Å². The number of carbonyl (C=O) groups excluding carboxylic acids is 4. The van der Waals surface area contributed by atoms with Crippen molar-refractivity contribution in [2.24, 2.45) is 0 Å². The molecule has 4 unspecified atom stereocenters. The van der Waals surface area contributed by atoms with E-state index in [2.05, 4.69) is 5.32 Å². The van der Waals surface area contributed by atoms with Gasteiger partial charge in [0.15, 0.2) is 11.8 Å². The summed E-state index contributed by atoms with van der Waals surface area (Å²) in [7, 11) is 0. The predicted molar refractivity (Wildman–Crippen MR) is 150 cm³/mol.